The molecule has 1 aromatic heterocycles. The number of allylic oxidation sites excluding steroid dienone is 1. The number of anilines is 2. The number of nitrogens with zero attached hydrogens (tertiary/aromatic N) is 3. The third-order valence-corrected chi connectivity index (χ3v) is 5.79. The molecule has 7 nitrogen and oxygen atoms in total. The van der Waals surface area contributed by atoms with E-state index in [2.05, 4.69) is 21.4 Å². The molecule has 1 unspecified atom stereocenters. The third-order valence-electron chi connectivity index (χ3n) is 5.16. The molecule has 1 atom stereocenters. The summed E-state index contributed by atoms with van der Waals surface area (Å²) in [6, 6.07) is 13.0. The van der Waals surface area contributed by atoms with Crippen LogP contribution < -0.4 is 39.8 Å². The fourth-order valence-electron chi connectivity index (χ4n) is 3.28. The van der Waals surface area contributed by atoms with Gasteiger partial charge in [0, 0.05) is 24.6 Å². The van der Waals surface area contributed by atoms with Crippen molar-refractivity contribution in [1.29, 1.82) is 0 Å². The number of rotatable bonds is 10. The van der Waals surface area contributed by atoms with E-state index in [9.17, 15) is 14.7 Å². The van der Waals surface area contributed by atoms with Crippen LogP contribution in [-0.2, 0) is 4.79 Å². The van der Waals surface area contributed by atoms with Crippen molar-refractivity contribution in [3.63, 3.8) is 0 Å². The SMILES string of the molecule is CC(C)=CCN(c1ccc(C=CCC(NC(=O)c2c(Cl)cccc2Cl)C(=O)O)cc1)c1ncccn1.[H-].[Na+]. The smallest absolute Gasteiger partial charge is 1.00 e. The number of aromatic nitrogens is 2. The summed E-state index contributed by atoms with van der Waals surface area (Å²) in [6.45, 7) is 4.69. The number of carboxylic acids is 1. The number of benzene rings is 2. The second kappa shape index (κ2) is 14.9. The molecule has 0 saturated heterocycles. The van der Waals surface area contributed by atoms with E-state index in [4.69, 9.17) is 23.2 Å². The van der Waals surface area contributed by atoms with Crippen molar-refractivity contribution in [2.45, 2.75) is 26.3 Å². The van der Waals surface area contributed by atoms with Crippen LogP contribution in [0.4, 0.5) is 11.6 Å². The fourth-order valence-corrected chi connectivity index (χ4v) is 3.85. The monoisotopic (exact) mass is 548 g/mol. The summed E-state index contributed by atoms with van der Waals surface area (Å²) in [5.74, 6) is -1.21. The first-order chi connectivity index (χ1) is 17.3. The molecule has 0 saturated carbocycles. The summed E-state index contributed by atoms with van der Waals surface area (Å²) in [5, 5.41) is 12.3. The number of carbonyl (C=O) groups excluding carboxylic acids is 1. The van der Waals surface area contributed by atoms with E-state index in [-0.39, 0.29) is 53.0 Å². The van der Waals surface area contributed by atoms with Gasteiger partial charge in [0.25, 0.3) is 5.91 Å². The molecule has 0 fully saturated rings. The summed E-state index contributed by atoms with van der Waals surface area (Å²) in [5.41, 5.74) is 3.03. The molecular weight excluding hydrogens is 522 g/mol. The Balaban J connectivity index is 0.00000361. The first-order valence-corrected chi connectivity index (χ1v) is 11.9. The summed E-state index contributed by atoms with van der Waals surface area (Å²) in [7, 11) is 0. The zero-order valence-corrected chi connectivity index (χ0v) is 24.4. The zero-order chi connectivity index (χ0) is 26.1. The van der Waals surface area contributed by atoms with Crippen LogP contribution in [-0.4, -0.2) is 39.5 Å². The Morgan fingerprint density at radius 3 is 2.24 bits per heavy atom. The normalized spacial score (nSPS) is 11.4. The summed E-state index contributed by atoms with van der Waals surface area (Å²) in [4.78, 5) is 35.0. The van der Waals surface area contributed by atoms with Crippen LogP contribution in [0, 0.1) is 0 Å². The molecule has 0 radical (unpaired) electrons. The van der Waals surface area contributed by atoms with Crippen LogP contribution in [0.5, 0.6) is 0 Å². The van der Waals surface area contributed by atoms with Gasteiger partial charge in [0.15, 0.2) is 0 Å². The van der Waals surface area contributed by atoms with Gasteiger partial charge in [0.1, 0.15) is 6.04 Å². The Hall–Kier alpha value is -2.68. The van der Waals surface area contributed by atoms with Crippen molar-refractivity contribution in [3.8, 4) is 0 Å². The molecule has 3 rings (SSSR count). The zero-order valence-electron chi connectivity index (χ0n) is 21.9. The molecule has 0 spiro atoms. The standard InChI is InChI=1S/C27H26Cl2N4O3.Na.H/c1-18(2)14-17-33(27-30-15-5-16-31-27)20-12-10-19(11-13-20)6-3-9-23(26(35)36)32-25(34)24-21(28)7-4-8-22(24)29;;/h3-8,10-16,23H,9,17H2,1-2H3,(H,32,34)(H,35,36);;/q;+1;-1. The minimum absolute atomic E-state index is 0. The first-order valence-electron chi connectivity index (χ1n) is 11.2. The topological polar surface area (TPSA) is 95.4 Å². The van der Waals surface area contributed by atoms with E-state index >= 15 is 0 Å². The maximum atomic E-state index is 12.6. The number of hydrogen-bond donors (Lipinski definition) is 2. The average Bonchev–Trinajstić information content (AvgIpc) is 2.84. The summed E-state index contributed by atoms with van der Waals surface area (Å²) < 4.78 is 0. The quantitative estimate of drug-likeness (QED) is 0.298. The fraction of sp³-hybridized carbons (Fsp3) is 0.185. The molecule has 1 amide bonds. The molecule has 3 aromatic rings. The van der Waals surface area contributed by atoms with E-state index < -0.39 is 17.9 Å². The first kappa shape index (κ1) is 30.5. The predicted octanol–water partition coefficient (Wildman–Crippen LogP) is 3.29. The number of aliphatic carboxylic acids is 1. The van der Waals surface area contributed by atoms with Crippen molar-refractivity contribution in [2.75, 3.05) is 11.4 Å². The maximum absolute atomic E-state index is 12.6. The Kier molecular flexibility index (Phi) is 12.3. The van der Waals surface area contributed by atoms with Gasteiger partial charge in [-0.15, -0.1) is 0 Å². The Bertz CT molecular complexity index is 1250. The van der Waals surface area contributed by atoms with E-state index in [1.165, 1.54) is 17.7 Å². The van der Waals surface area contributed by atoms with Crippen LogP contribution in [0.15, 0.2) is 78.6 Å². The molecular formula is C27H27Cl2N4NaO3. The minimum Gasteiger partial charge on any atom is -1.00 e. The summed E-state index contributed by atoms with van der Waals surface area (Å²) in [6.07, 6.45) is 9.08. The second-order valence-electron chi connectivity index (χ2n) is 8.13. The molecule has 10 heteroatoms. The van der Waals surface area contributed by atoms with Crippen LogP contribution in [0.1, 0.15) is 37.6 Å². The predicted molar refractivity (Wildman–Crippen MR) is 145 cm³/mol. The molecule has 2 N–H and O–H groups in total. The van der Waals surface area contributed by atoms with Crippen LogP contribution in [0.2, 0.25) is 10.0 Å². The van der Waals surface area contributed by atoms with Gasteiger partial charge < -0.3 is 16.7 Å². The van der Waals surface area contributed by atoms with Gasteiger partial charge in [-0.2, -0.15) is 0 Å². The van der Waals surface area contributed by atoms with Gasteiger partial charge in [0.2, 0.25) is 5.95 Å². The molecule has 37 heavy (non-hydrogen) atoms. The summed E-state index contributed by atoms with van der Waals surface area (Å²) >= 11 is 12.1. The van der Waals surface area contributed by atoms with Crippen molar-refractivity contribution in [2.24, 2.45) is 0 Å². The van der Waals surface area contributed by atoms with Crippen molar-refractivity contribution in [3.05, 3.63) is 99.8 Å². The number of hydrogen-bond acceptors (Lipinski definition) is 5. The van der Waals surface area contributed by atoms with E-state index in [1.807, 2.05) is 43.0 Å². The van der Waals surface area contributed by atoms with Gasteiger partial charge in [-0.05, 0) is 56.2 Å². The molecule has 0 aliphatic rings. The largest absolute Gasteiger partial charge is 1.00 e. The number of carboxylic acid groups (broad SMARTS) is 1. The third kappa shape index (κ3) is 8.98. The van der Waals surface area contributed by atoms with E-state index in [0.29, 0.717) is 12.5 Å². The average molecular weight is 549 g/mol. The molecule has 0 aliphatic carbocycles. The molecule has 0 aliphatic heterocycles. The molecule has 0 bridgehead atoms. The van der Waals surface area contributed by atoms with Gasteiger partial charge in [-0.1, -0.05) is 65.2 Å². The van der Waals surface area contributed by atoms with E-state index in [0.717, 1.165) is 11.3 Å². The van der Waals surface area contributed by atoms with Crippen LogP contribution in [0.3, 0.4) is 0 Å². The van der Waals surface area contributed by atoms with Crippen LogP contribution in [0.25, 0.3) is 6.08 Å². The minimum atomic E-state index is -1.16. The van der Waals surface area contributed by atoms with Crippen molar-refractivity contribution in [1.82, 2.24) is 15.3 Å². The Morgan fingerprint density at radius 1 is 1.05 bits per heavy atom. The number of carbonyl (C=O) groups is 2. The van der Waals surface area contributed by atoms with Crippen molar-refractivity contribution >= 4 is 52.8 Å². The second-order valence-corrected chi connectivity index (χ2v) is 8.95. The molecule has 2 aromatic carbocycles. The maximum Gasteiger partial charge on any atom is 1.00 e. The van der Waals surface area contributed by atoms with Gasteiger partial charge in [0.05, 0.1) is 15.6 Å². The number of amides is 1. The molecule has 188 valence electrons. The van der Waals surface area contributed by atoms with Crippen LogP contribution >= 0.6 is 23.2 Å². The van der Waals surface area contributed by atoms with Gasteiger partial charge in [-0.25, -0.2) is 14.8 Å². The van der Waals surface area contributed by atoms with Gasteiger partial charge in [-0.3, -0.25) is 4.79 Å². The van der Waals surface area contributed by atoms with Crippen molar-refractivity contribution < 1.29 is 45.7 Å². The van der Waals surface area contributed by atoms with E-state index in [1.54, 1.807) is 36.7 Å². The number of halogens is 2. The molecule has 1 heterocycles. The Morgan fingerprint density at radius 2 is 1.68 bits per heavy atom. The number of nitrogens with one attached hydrogen (secondary N) is 1. The van der Waals surface area contributed by atoms with Gasteiger partial charge >= 0.3 is 35.5 Å². The Labute approximate surface area is 250 Å².